The maximum atomic E-state index is 14.6. The first-order valence-electron chi connectivity index (χ1n) is 15.6. The van der Waals surface area contributed by atoms with Gasteiger partial charge in [0.15, 0.2) is 12.0 Å². The van der Waals surface area contributed by atoms with Crippen LogP contribution in [0.1, 0.15) is 55.4 Å². The molecule has 0 saturated carbocycles. The van der Waals surface area contributed by atoms with Crippen molar-refractivity contribution in [3.8, 4) is 5.75 Å². The van der Waals surface area contributed by atoms with Crippen LogP contribution in [0.4, 0.5) is 11.4 Å². The molecular formula is C37H41BrN4O5. The molecule has 10 heteroatoms. The highest BCUT2D eigenvalue weighted by Gasteiger charge is 2.38. The van der Waals surface area contributed by atoms with Gasteiger partial charge in [-0.1, -0.05) is 85.2 Å². The molecule has 1 unspecified atom stereocenters. The fraction of sp³-hybridized carbons (Fsp3) is 0.324. The molecule has 2 amide bonds. The molecule has 246 valence electrons. The van der Waals surface area contributed by atoms with E-state index in [1.165, 1.54) is 0 Å². The number of amides is 2. The van der Waals surface area contributed by atoms with Gasteiger partial charge in [-0.05, 0) is 55.1 Å². The predicted molar refractivity (Wildman–Crippen MR) is 189 cm³/mol. The number of likely N-dealkylation sites (N-methyl/N-ethyl adjacent to an activating group) is 1. The molecule has 4 aromatic rings. The summed E-state index contributed by atoms with van der Waals surface area (Å²) < 4.78 is 6.71. The lowest BCUT2D eigenvalue weighted by Gasteiger charge is -2.32. The molecule has 1 aliphatic rings. The third-order valence-corrected chi connectivity index (χ3v) is 9.10. The van der Waals surface area contributed by atoms with Crippen molar-refractivity contribution in [2.75, 3.05) is 30.5 Å². The number of fused-ring (bicyclic) bond motifs is 2. The van der Waals surface area contributed by atoms with E-state index in [0.29, 0.717) is 28.3 Å². The van der Waals surface area contributed by atoms with Gasteiger partial charge in [-0.2, -0.15) is 0 Å². The van der Waals surface area contributed by atoms with E-state index < -0.39 is 23.7 Å². The quantitative estimate of drug-likeness (QED) is 0.184. The van der Waals surface area contributed by atoms with Crippen molar-refractivity contribution < 1.29 is 24.2 Å². The lowest BCUT2D eigenvalue weighted by molar-refractivity contribution is -0.128. The largest absolute Gasteiger partial charge is 0.496 e. The number of benzene rings is 4. The average molecular weight is 702 g/mol. The highest BCUT2D eigenvalue weighted by Crippen LogP contribution is 2.40. The molecule has 5 rings (SSSR count). The van der Waals surface area contributed by atoms with Crippen molar-refractivity contribution in [1.29, 1.82) is 0 Å². The minimum atomic E-state index is -1.19. The molecule has 0 saturated heterocycles. The molecule has 0 fully saturated rings. The zero-order valence-electron chi connectivity index (χ0n) is 27.5. The van der Waals surface area contributed by atoms with Crippen LogP contribution in [0.5, 0.6) is 5.75 Å². The van der Waals surface area contributed by atoms with Gasteiger partial charge >= 0.3 is 0 Å². The number of ketones is 1. The lowest BCUT2D eigenvalue weighted by Crippen LogP contribution is -2.55. The van der Waals surface area contributed by atoms with Crippen LogP contribution in [0.25, 0.3) is 10.8 Å². The minimum absolute atomic E-state index is 0.00200. The zero-order chi connectivity index (χ0) is 34.0. The standard InChI is InChI=1S/C37H41BrN4O5/c1-22(39-5)34(44)40-29-21-42(35(45)24-13-11-23(12-14-24)33(43)37(2,3)4)31-10-8-7-9-30(31)41(36(29)46)20-28-27-17-16-26(38)19-25(27)15-18-32(28)47-6/h7-19,22,29,35,39,45H,20-21H2,1-6H3,(H,40,44)/t22-,29-,35?/m0/s1. The van der Waals surface area contributed by atoms with Crippen molar-refractivity contribution >= 4 is 55.7 Å². The third kappa shape index (κ3) is 7.05. The Morgan fingerprint density at radius 3 is 2.34 bits per heavy atom. The van der Waals surface area contributed by atoms with E-state index in [-0.39, 0.29) is 30.7 Å². The van der Waals surface area contributed by atoms with Gasteiger partial charge in [0, 0.05) is 26.6 Å². The molecule has 0 bridgehead atoms. The van der Waals surface area contributed by atoms with Crippen molar-refractivity contribution in [1.82, 2.24) is 10.6 Å². The number of hydrogen-bond acceptors (Lipinski definition) is 7. The number of nitrogens with zero attached hydrogens (tertiary/aromatic N) is 2. The smallest absolute Gasteiger partial charge is 0.251 e. The van der Waals surface area contributed by atoms with E-state index >= 15 is 0 Å². The number of aliphatic hydroxyl groups excluding tert-OH is 1. The molecule has 1 heterocycles. The summed E-state index contributed by atoms with van der Waals surface area (Å²) in [6.07, 6.45) is -1.19. The molecule has 9 nitrogen and oxygen atoms in total. The highest BCUT2D eigenvalue weighted by molar-refractivity contribution is 9.10. The summed E-state index contributed by atoms with van der Waals surface area (Å²) in [4.78, 5) is 44.0. The molecule has 3 N–H and O–H groups in total. The summed E-state index contributed by atoms with van der Waals surface area (Å²) in [6, 6.07) is 22.5. The maximum Gasteiger partial charge on any atom is 0.251 e. The Bertz CT molecular complexity index is 1800. The van der Waals surface area contributed by atoms with Crippen LogP contribution >= 0.6 is 15.9 Å². The molecule has 0 aliphatic carbocycles. The Morgan fingerprint density at radius 2 is 1.70 bits per heavy atom. The molecular weight excluding hydrogens is 660 g/mol. The van der Waals surface area contributed by atoms with E-state index in [1.807, 2.05) is 75.4 Å². The fourth-order valence-corrected chi connectivity index (χ4v) is 6.20. The molecule has 0 aromatic heterocycles. The number of aliphatic hydroxyl groups is 1. The van der Waals surface area contributed by atoms with E-state index in [9.17, 15) is 19.5 Å². The number of halogens is 1. The SMILES string of the molecule is CN[C@@H](C)C(=O)N[C@H]1CN(C(O)c2ccc(C(=O)C(C)(C)C)cc2)c2ccccc2N(Cc2c(OC)ccc3cc(Br)ccc23)C1=O. The first-order valence-corrected chi connectivity index (χ1v) is 16.4. The van der Waals surface area contributed by atoms with Crippen LogP contribution in [0.2, 0.25) is 0 Å². The van der Waals surface area contributed by atoms with Gasteiger partial charge in [0.2, 0.25) is 5.91 Å². The summed E-state index contributed by atoms with van der Waals surface area (Å²) in [6.45, 7) is 7.47. The molecule has 0 spiro atoms. The predicted octanol–water partition coefficient (Wildman–Crippen LogP) is 5.98. The van der Waals surface area contributed by atoms with Gasteiger partial charge in [0.05, 0.1) is 37.6 Å². The summed E-state index contributed by atoms with van der Waals surface area (Å²) in [5.74, 6) is -0.0481. The number of ether oxygens (including phenoxy) is 1. The topological polar surface area (TPSA) is 111 Å². The first kappa shape index (κ1) is 34.1. The van der Waals surface area contributed by atoms with Gasteiger partial charge in [-0.25, -0.2) is 0 Å². The summed E-state index contributed by atoms with van der Waals surface area (Å²) in [5.41, 5.74) is 2.54. The van der Waals surface area contributed by atoms with Crippen LogP contribution in [-0.4, -0.2) is 55.5 Å². The van der Waals surface area contributed by atoms with Crippen molar-refractivity contribution in [2.45, 2.75) is 52.6 Å². The van der Waals surface area contributed by atoms with Crippen molar-refractivity contribution in [3.05, 3.63) is 100 Å². The number of para-hydroxylation sites is 2. The number of rotatable bonds is 9. The normalized spacial score (nSPS) is 16.3. The number of carbonyl (C=O) groups is 3. The lowest BCUT2D eigenvalue weighted by atomic mass is 9.86. The van der Waals surface area contributed by atoms with Crippen molar-refractivity contribution in [2.24, 2.45) is 5.41 Å². The molecule has 1 aliphatic heterocycles. The molecule has 4 aromatic carbocycles. The number of methoxy groups -OCH3 is 1. The Labute approximate surface area is 284 Å². The van der Waals surface area contributed by atoms with Gasteiger partial charge in [-0.15, -0.1) is 0 Å². The van der Waals surface area contributed by atoms with E-state index in [1.54, 1.807) is 55.1 Å². The minimum Gasteiger partial charge on any atom is -0.496 e. The Hall–Kier alpha value is -4.25. The number of Topliss-reactive ketones (excluding diaryl/α,β-unsaturated/α-hetero) is 1. The summed E-state index contributed by atoms with van der Waals surface area (Å²) in [5, 5.41) is 19.6. The van der Waals surface area contributed by atoms with Crippen LogP contribution < -0.4 is 25.2 Å². The van der Waals surface area contributed by atoms with Crippen LogP contribution in [0.3, 0.4) is 0 Å². The maximum absolute atomic E-state index is 14.6. The van der Waals surface area contributed by atoms with Crippen LogP contribution in [-0.2, 0) is 16.1 Å². The Morgan fingerprint density at radius 1 is 1.02 bits per heavy atom. The monoisotopic (exact) mass is 700 g/mol. The average Bonchev–Trinajstić information content (AvgIpc) is 3.17. The van der Waals surface area contributed by atoms with E-state index in [2.05, 4.69) is 26.6 Å². The number of nitrogens with one attached hydrogen (secondary N) is 2. The highest BCUT2D eigenvalue weighted by atomic mass is 79.9. The summed E-state index contributed by atoms with van der Waals surface area (Å²) >= 11 is 3.55. The second-order valence-corrected chi connectivity index (χ2v) is 13.7. The number of hydrogen-bond donors (Lipinski definition) is 3. The van der Waals surface area contributed by atoms with Crippen molar-refractivity contribution in [3.63, 3.8) is 0 Å². The van der Waals surface area contributed by atoms with E-state index in [4.69, 9.17) is 4.74 Å². The van der Waals surface area contributed by atoms with E-state index in [0.717, 1.165) is 20.8 Å². The second-order valence-electron chi connectivity index (χ2n) is 12.8. The second kappa shape index (κ2) is 13.9. The molecule has 47 heavy (non-hydrogen) atoms. The third-order valence-electron chi connectivity index (χ3n) is 8.60. The Kier molecular flexibility index (Phi) is 10.0. The van der Waals surface area contributed by atoms with Gasteiger partial charge in [0.1, 0.15) is 11.8 Å². The first-order chi connectivity index (χ1) is 22.3. The summed E-state index contributed by atoms with van der Waals surface area (Å²) in [7, 11) is 3.28. The van der Waals surface area contributed by atoms with Gasteiger partial charge in [0.25, 0.3) is 5.91 Å². The molecule has 3 atom stereocenters. The van der Waals surface area contributed by atoms with Crippen LogP contribution in [0, 0.1) is 5.41 Å². The van der Waals surface area contributed by atoms with Crippen LogP contribution in [0.15, 0.2) is 83.3 Å². The zero-order valence-corrected chi connectivity index (χ0v) is 29.1. The molecule has 0 radical (unpaired) electrons. The van der Waals surface area contributed by atoms with Gasteiger partial charge < -0.3 is 30.3 Å². The fourth-order valence-electron chi connectivity index (χ4n) is 5.82. The number of carbonyl (C=O) groups excluding carboxylic acids is 3. The van der Waals surface area contributed by atoms with Gasteiger partial charge in [-0.3, -0.25) is 14.4 Å². The Balaban J connectivity index is 1.61. The number of anilines is 2.